The van der Waals surface area contributed by atoms with Crippen LogP contribution in [0.25, 0.3) is 0 Å². The van der Waals surface area contributed by atoms with Gasteiger partial charge in [-0.1, -0.05) is 6.92 Å². The minimum Gasteiger partial charge on any atom is -0.379 e. The van der Waals surface area contributed by atoms with Crippen molar-refractivity contribution in [3.63, 3.8) is 0 Å². The molecule has 0 atom stereocenters. The van der Waals surface area contributed by atoms with Crippen molar-refractivity contribution in [2.75, 3.05) is 53.0 Å². The van der Waals surface area contributed by atoms with E-state index >= 15 is 0 Å². The van der Waals surface area contributed by atoms with Gasteiger partial charge in [0.05, 0.1) is 13.2 Å². The second-order valence-electron chi connectivity index (χ2n) is 7.06. The fraction of sp³-hybridized carbons (Fsp3) is 0.889. The third-order valence-electron chi connectivity index (χ3n) is 4.68. The highest BCUT2D eigenvalue weighted by Gasteiger charge is 2.22. The minimum absolute atomic E-state index is 0. The van der Waals surface area contributed by atoms with E-state index in [1.165, 1.54) is 12.8 Å². The minimum atomic E-state index is 0. The van der Waals surface area contributed by atoms with Gasteiger partial charge >= 0.3 is 0 Å². The van der Waals surface area contributed by atoms with Gasteiger partial charge in [-0.2, -0.15) is 0 Å². The van der Waals surface area contributed by atoms with Gasteiger partial charge in [-0.25, -0.2) is 0 Å². The van der Waals surface area contributed by atoms with E-state index in [1.54, 1.807) is 7.05 Å². The van der Waals surface area contributed by atoms with Crippen LogP contribution in [0.2, 0.25) is 0 Å². The molecule has 1 aliphatic heterocycles. The Morgan fingerprint density at radius 3 is 2.50 bits per heavy atom. The summed E-state index contributed by atoms with van der Waals surface area (Å²) >= 11 is 0. The van der Waals surface area contributed by atoms with Crippen LogP contribution in [0.5, 0.6) is 0 Å². The highest BCUT2D eigenvalue weighted by molar-refractivity contribution is 14.0. The molecule has 0 radical (unpaired) electrons. The molecule has 2 rings (SSSR count). The van der Waals surface area contributed by atoms with Crippen LogP contribution in [0.4, 0.5) is 0 Å². The topological polar surface area (TPSA) is 78.0 Å². The lowest BCUT2D eigenvalue weighted by molar-refractivity contribution is -0.122. The van der Waals surface area contributed by atoms with Crippen LogP contribution in [0.3, 0.4) is 0 Å². The SMILES string of the molecule is CCCNC(=O)CN1CCC(NC(=NC)NCCOCC2CC2)CC1.I. The van der Waals surface area contributed by atoms with E-state index in [1.807, 2.05) is 0 Å². The summed E-state index contributed by atoms with van der Waals surface area (Å²) in [6, 6.07) is 0.411. The van der Waals surface area contributed by atoms with E-state index in [-0.39, 0.29) is 29.9 Å². The van der Waals surface area contributed by atoms with Crippen molar-refractivity contribution in [3.8, 4) is 0 Å². The van der Waals surface area contributed by atoms with Crippen molar-refractivity contribution < 1.29 is 9.53 Å². The first-order valence-electron chi connectivity index (χ1n) is 9.75. The number of aliphatic imine (C=N–C) groups is 1. The van der Waals surface area contributed by atoms with Crippen LogP contribution < -0.4 is 16.0 Å². The van der Waals surface area contributed by atoms with Gasteiger partial charge in [0.1, 0.15) is 0 Å². The van der Waals surface area contributed by atoms with Gasteiger partial charge in [-0.15, -0.1) is 24.0 Å². The summed E-state index contributed by atoms with van der Waals surface area (Å²) < 4.78 is 5.63. The molecule has 0 aromatic heterocycles. The van der Waals surface area contributed by atoms with Crippen LogP contribution in [0, 0.1) is 5.92 Å². The number of hydrogen-bond acceptors (Lipinski definition) is 4. The average Bonchev–Trinajstić information content (AvgIpc) is 3.44. The van der Waals surface area contributed by atoms with Crippen molar-refractivity contribution in [2.24, 2.45) is 10.9 Å². The summed E-state index contributed by atoms with van der Waals surface area (Å²) in [5.74, 6) is 1.79. The zero-order valence-electron chi connectivity index (χ0n) is 16.3. The van der Waals surface area contributed by atoms with Crippen LogP contribution in [0.1, 0.15) is 39.0 Å². The second-order valence-corrected chi connectivity index (χ2v) is 7.06. The smallest absolute Gasteiger partial charge is 0.234 e. The van der Waals surface area contributed by atoms with Crippen LogP contribution in [0.15, 0.2) is 4.99 Å². The predicted octanol–water partition coefficient (Wildman–Crippen LogP) is 1.19. The molecule has 1 aliphatic carbocycles. The molecule has 1 saturated heterocycles. The van der Waals surface area contributed by atoms with E-state index in [4.69, 9.17) is 4.74 Å². The molecule has 1 heterocycles. The molecule has 1 amide bonds. The summed E-state index contributed by atoms with van der Waals surface area (Å²) in [5.41, 5.74) is 0. The zero-order valence-corrected chi connectivity index (χ0v) is 18.6. The quantitative estimate of drug-likeness (QED) is 0.189. The number of hydrogen-bond donors (Lipinski definition) is 3. The number of halogens is 1. The lowest BCUT2D eigenvalue weighted by Gasteiger charge is -2.32. The normalized spacial score (nSPS) is 18.9. The fourth-order valence-electron chi connectivity index (χ4n) is 2.92. The van der Waals surface area contributed by atoms with Gasteiger partial charge in [-0.05, 0) is 38.0 Å². The molecule has 0 unspecified atom stereocenters. The molecular formula is C18H36IN5O2. The number of carbonyl (C=O) groups is 1. The summed E-state index contributed by atoms with van der Waals surface area (Å²) in [5, 5.41) is 9.73. The molecule has 26 heavy (non-hydrogen) atoms. The van der Waals surface area contributed by atoms with Gasteiger partial charge < -0.3 is 20.7 Å². The van der Waals surface area contributed by atoms with Gasteiger partial charge in [0.2, 0.25) is 5.91 Å². The lowest BCUT2D eigenvalue weighted by atomic mass is 10.1. The number of piperidine rings is 1. The number of nitrogens with zero attached hydrogens (tertiary/aromatic N) is 2. The number of nitrogens with one attached hydrogen (secondary N) is 3. The number of rotatable bonds is 10. The Morgan fingerprint density at radius 1 is 1.15 bits per heavy atom. The number of carbonyl (C=O) groups excluding carboxylic acids is 1. The van der Waals surface area contributed by atoms with Crippen molar-refractivity contribution in [3.05, 3.63) is 0 Å². The molecule has 0 spiro atoms. The number of amides is 1. The van der Waals surface area contributed by atoms with Crippen molar-refractivity contribution in [1.29, 1.82) is 0 Å². The Labute approximate surface area is 175 Å². The Balaban J connectivity index is 0.00000338. The maximum Gasteiger partial charge on any atom is 0.234 e. The molecule has 1 saturated carbocycles. The summed E-state index contributed by atoms with van der Waals surface area (Å²) in [7, 11) is 1.80. The first-order valence-corrected chi connectivity index (χ1v) is 9.75. The van der Waals surface area contributed by atoms with E-state index in [0.717, 1.165) is 70.5 Å². The summed E-state index contributed by atoms with van der Waals surface area (Å²) in [6.45, 7) is 7.64. The van der Waals surface area contributed by atoms with E-state index in [9.17, 15) is 4.79 Å². The molecule has 0 aromatic rings. The number of likely N-dealkylation sites (tertiary alicyclic amines) is 1. The fourth-order valence-corrected chi connectivity index (χ4v) is 2.92. The maximum atomic E-state index is 11.8. The van der Waals surface area contributed by atoms with E-state index in [0.29, 0.717) is 12.6 Å². The highest BCUT2D eigenvalue weighted by Crippen LogP contribution is 2.28. The van der Waals surface area contributed by atoms with Crippen LogP contribution in [-0.4, -0.2) is 75.8 Å². The molecule has 3 N–H and O–H groups in total. The zero-order chi connectivity index (χ0) is 17.9. The standard InChI is InChI=1S/C18H35N5O2.HI/c1-3-8-20-17(24)13-23-10-6-16(7-11-23)22-18(19-2)21-9-12-25-14-15-4-5-15;/h15-16H,3-14H2,1-2H3,(H,20,24)(H2,19,21,22);1H. The van der Waals surface area contributed by atoms with Gasteiger partial charge in [-0.3, -0.25) is 14.7 Å². The van der Waals surface area contributed by atoms with Crippen LogP contribution in [-0.2, 0) is 9.53 Å². The predicted molar refractivity (Wildman–Crippen MR) is 116 cm³/mol. The largest absolute Gasteiger partial charge is 0.379 e. The number of ether oxygens (including phenoxy) is 1. The Bertz CT molecular complexity index is 424. The molecule has 0 bridgehead atoms. The highest BCUT2D eigenvalue weighted by atomic mass is 127. The Morgan fingerprint density at radius 2 is 1.88 bits per heavy atom. The number of guanidine groups is 1. The first-order chi connectivity index (χ1) is 12.2. The second kappa shape index (κ2) is 13.5. The summed E-state index contributed by atoms with van der Waals surface area (Å²) in [4.78, 5) is 18.3. The third kappa shape index (κ3) is 9.91. The first kappa shape index (κ1) is 23.4. The summed E-state index contributed by atoms with van der Waals surface area (Å²) in [6.07, 6.45) is 5.70. The average molecular weight is 481 g/mol. The maximum absolute atomic E-state index is 11.8. The Kier molecular flexibility index (Phi) is 12.2. The lowest BCUT2D eigenvalue weighted by Crippen LogP contribution is -2.50. The van der Waals surface area contributed by atoms with E-state index in [2.05, 4.69) is 32.8 Å². The monoisotopic (exact) mass is 481 g/mol. The molecular weight excluding hydrogens is 445 g/mol. The van der Waals surface area contributed by atoms with Crippen molar-refractivity contribution in [1.82, 2.24) is 20.9 Å². The molecule has 7 nitrogen and oxygen atoms in total. The van der Waals surface area contributed by atoms with Crippen molar-refractivity contribution >= 4 is 35.8 Å². The molecule has 0 aromatic carbocycles. The van der Waals surface area contributed by atoms with Gasteiger partial charge in [0, 0.05) is 45.9 Å². The van der Waals surface area contributed by atoms with Gasteiger partial charge in [0.15, 0.2) is 5.96 Å². The van der Waals surface area contributed by atoms with Gasteiger partial charge in [0.25, 0.3) is 0 Å². The van der Waals surface area contributed by atoms with Crippen molar-refractivity contribution in [2.45, 2.75) is 45.1 Å². The third-order valence-corrected chi connectivity index (χ3v) is 4.68. The molecule has 8 heteroatoms. The Hall–Kier alpha value is -0.610. The van der Waals surface area contributed by atoms with E-state index < -0.39 is 0 Å². The van der Waals surface area contributed by atoms with Crippen LogP contribution >= 0.6 is 24.0 Å². The molecule has 152 valence electrons. The molecule has 2 aliphatic rings. The molecule has 2 fully saturated rings.